The second kappa shape index (κ2) is 6.27. The van der Waals surface area contributed by atoms with Crippen molar-refractivity contribution in [3.05, 3.63) is 71.8 Å². The van der Waals surface area contributed by atoms with Gasteiger partial charge in [0.15, 0.2) is 5.84 Å². The number of aromatic nitrogens is 3. The van der Waals surface area contributed by atoms with Crippen LogP contribution < -0.4 is 5.73 Å². The molecule has 0 aliphatic rings. The van der Waals surface area contributed by atoms with Gasteiger partial charge in [0.2, 0.25) is 0 Å². The lowest BCUT2D eigenvalue weighted by atomic mass is 10.2. The van der Waals surface area contributed by atoms with Crippen LogP contribution in [0.3, 0.4) is 0 Å². The number of oxime groups is 1. The average Bonchev–Trinajstić information content (AvgIpc) is 3.01. The maximum atomic E-state index is 13.9. The van der Waals surface area contributed by atoms with Crippen LogP contribution in [-0.4, -0.2) is 25.8 Å². The van der Waals surface area contributed by atoms with Gasteiger partial charge in [-0.05, 0) is 24.3 Å². The highest BCUT2D eigenvalue weighted by atomic mass is 19.1. The Hall–Kier alpha value is -3.22. The number of nitrogens with two attached hydrogens (primary N) is 1. The molecule has 0 spiro atoms. The molecule has 3 aromatic rings. The van der Waals surface area contributed by atoms with Gasteiger partial charge in [0.05, 0.1) is 12.2 Å². The zero-order valence-corrected chi connectivity index (χ0v) is 12.1. The van der Waals surface area contributed by atoms with Gasteiger partial charge in [-0.15, -0.1) is 0 Å². The summed E-state index contributed by atoms with van der Waals surface area (Å²) in [5, 5.41) is 16.4. The number of nitrogens with zero attached hydrogens (tertiary/aromatic N) is 4. The minimum Gasteiger partial charge on any atom is -0.409 e. The molecular formula is C16H14FN5O. The molecule has 2 heterocycles. The van der Waals surface area contributed by atoms with E-state index in [1.807, 2.05) is 6.07 Å². The monoisotopic (exact) mass is 311 g/mol. The highest BCUT2D eigenvalue weighted by Crippen LogP contribution is 2.18. The summed E-state index contributed by atoms with van der Waals surface area (Å²) in [7, 11) is 0. The normalized spacial score (nSPS) is 11.6. The molecule has 23 heavy (non-hydrogen) atoms. The summed E-state index contributed by atoms with van der Waals surface area (Å²) in [4.78, 5) is 4.22. The molecule has 0 unspecified atom stereocenters. The number of hydrogen-bond donors (Lipinski definition) is 2. The average molecular weight is 311 g/mol. The first-order valence-corrected chi connectivity index (χ1v) is 6.89. The highest BCUT2D eigenvalue weighted by Gasteiger charge is 2.15. The zero-order valence-electron chi connectivity index (χ0n) is 12.1. The summed E-state index contributed by atoms with van der Waals surface area (Å²) in [6, 6.07) is 13.5. The Morgan fingerprint density at radius 2 is 1.96 bits per heavy atom. The van der Waals surface area contributed by atoms with Crippen molar-refractivity contribution in [2.45, 2.75) is 6.54 Å². The number of pyridine rings is 1. The van der Waals surface area contributed by atoms with Crippen molar-refractivity contribution in [2.75, 3.05) is 0 Å². The van der Waals surface area contributed by atoms with Gasteiger partial charge in [-0.25, -0.2) is 4.39 Å². The molecule has 7 heteroatoms. The van der Waals surface area contributed by atoms with Gasteiger partial charge >= 0.3 is 0 Å². The largest absolute Gasteiger partial charge is 0.409 e. The predicted molar refractivity (Wildman–Crippen MR) is 83.5 cm³/mol. The van der Waals surface area contributed by atoms with E-state index in [1.165, 1.54) is 10.7 Å². The Balaban J connectivity index is 2.05. The molecule has 0 amide bonds. The van der Waals surface area contributed by atoms with Crippen LogP contribution >= 0.6 is 0 Å². The van der Waals surface area contributed by atoms with Gasteiger partial charge < -0.3 is 10.9 Å². The number of benzene rings is 1. The van der Waals surface area contributed by atoms with Crippen LogP contribution in [0.15, 0.2) is 59.9 Å². The van der Waals surface area contributed by atoms with Gasteiger partial charge in [0, 0.05) is 11.8 Å². The molecule has 0 fully saturated rings. The van der Waals surface area contributed by atoms with Crippen LogP contribution in [0.2, 0.25) is 0 Å². The third-order valence-electron chi connectivity index (χ3n) is 3.36. The minimum absolute atomic E-state index is 0.101. The van der Waals surface area contributed by atoms with E-state index < -0.39 is 0 Å². The lowest BCUT2D eigenvalue weighted by molar-refractivity contribution is 0.318. The molecule has 6 nitrogen and oxygen atoms in total. The second-order valence-corrected chi connectivity index (χ2v) is 4.86. The number of hydrogen-bond acceptors (Lipinski definition) is 4. The van der Waals surface area contributed by atoms with Crippen LogP contribution in [0.25, 0.3) is 11.4 Å². The SMILES string of the molecule is N/C(=N\O)c1cc(-c2ccccn2)nn1Cc1ccccc1F. The summed E-state index contributed by atoms with van der Waals surface area (Å²) >= 11 is 0. The second-order valence-electron chi connectivity index (χ2n) is 4.86. The molecule has 0 aliphatic carbocycles. The lowest BCUT2D eigenvalue weighted by Crippen LogP contribution is -2.19. The van der Waals surface area contributed by atoms with E-state index in [1.54, 1.807) is 42.6 Å². The Labute approximate surface area is 131 Å². The summed E-state index contributed by atoms with van der Waals surface area (Å²) in [6.07, 6.45) is 1.65. The Bertz CT molecular complexity index is 845. The first-order chi connectivity index (χ1) is 11.2. The van der Waals surface area contributed by atoms with E-state index >= 15 is 0 Å². The molecule has 2 aromatic heterocycles. The smallest absolute Gasteiger partial charge is 0.188 e. The maximum Gasteiger partial charge on any atom is 0.188 e. The minimum atomic E-state index is -0.340. The molecule has 0 saturated heterocycles. The van der Waals surface area contributed by atoms with E-state index in [9.17, 15) is 4.39 Å². The van der Waals surface area contributed by atoms with Crippen molar-refractivity contribution in [2.24, 2.45) is 10.9 Å². The highest BCUT2D eigenvalue weighted by molar-refractivity contribution is 5.96. The van der Waals surface area contributed by atoms with Gasteiger partial charge in [-0.2, -0.15) is 5.10 Å². The first kappa shape index (κ1) is 14.7. The molecule has 0 atom stereocenters. The van der Waals surface area contributed by atoms with E-state index in [-0.39, 0.29) is 18.2 Å². The standard InChI is InChI=1S/C16H14FN5O/c17-12-6-2-1-5-11(12)10-22-15(16(18)21-23)9-14(20-22)13-7-3-4-8-19-13/h1-9,23H,10H2,(H2,18,21). The molecule has 0 aliphatic heterocycles. The quantitative estimate of drug-likeness (QED) is 0.335. The summed E-state index contributed by atoms with van der Waals surface area (Å²) < 4.78 is 15.3. The van der Waals surface area contributed by atoms with Crippen molar-refractivity contribution < 1.29 is 9.60 Å². The van der Waals surface area contributed by atoms with E-state index in [2.05, 4.69) is 15.2 Å². The lowest BCUT2D eigenvalue weighted by Gasteiger charge is -2.07. The predicted octanol–water partition coefficient (Wildman–Crippen LogP) is 2.23. The number of halogens is 1. The molecule has 3 rings (SSSR count). The van der Waals surface area contributed by atoms with Crippen molar-refractivity contribution >= 4 is 5.84 Å². The van der Waals surface area contributed by atoms with Crippen LogP contribution in [0.5, 0.6) is 0 Å². The van der Waals surface area contributed by atoms with Gasteiger partial charge in [-0.3, -0.25) is 9.67 Å². The summed E-state index contributed by atoms with van der Waals surface area (Å²) in [5.74, 6) is -0.441. The van der Waals surface area contributed by atoms with Crippen LogP contribution in [0.4, 0.5) is 4.39 Å². The van der Waals surface area contributed by atoms with Gasteiger partial charge in [-0.1, -0.05) is 29.4 Å². The van der Waals surface area contributed by atoms with Crippen molar-refractivity contribution in [1.82, 2.24) is 14.8 Å². The maximum absolute atomic E-state index is 13.9. The van der Waals surface area contributed by atoms with E-state index in [0.717, 1.165) is 0 Å². The fraction of sp³-hybridized carbons (Fsp3) is 0.0625. The van der Waals surface area contributed by atoms with Crippen molar-refractivity contribution in [3.63, 3.8) is 0 Å². The molecule has 0 radical (unpaired) electrons. The molecule has 0 bridgehead atoms. The molecule has 116 valence electrons. The summed E-state index contributed by atoms with van der Waals surface area (Å²) in [5.41, 5.74) is 7.75. The Morgan fingerprint density at radius 1 is 1.17 bits per heavy atom. The van der Waals surface area contributed by atoms with Crippen molar-refractivity contribution in [1.29, 1.82) is 0 Å². The van der Waals surface area contributed by atoms with E-state index in [4.69, 9.17) is 10.9 Å². The van der Waals surface area contributed by atoms with E-state index in [0.29, 0.717) is 22.6 Å². The van der Waals surface area contributed by atoms with Gasteiger partial charge in [0.1, 0.15) is 17.2 Å². The zero-order chi connectivity index (χ0) is 16.2. The van der Waals surface area contributed by atoms with Crippen LogP contribution in [0.1, 0.15) is 11.3 Å². The number of rotatable bonds is 4. The first-order valence-electron chi connectivity index (χ1n) is 6.89. The van der Waals surface area contributed by atoms with Crippen molar-refractivity contribution in [3.8, 4) is 11.4 Å². The third-order valence-corrected chi connectivity index (χ3v) is 3.36. The molecule has 1 aromatic carbocycles. The topological polar surface area (TPSA) is 89.3 Å². The fourth-order valence-corrected chi connectivity index (χ4v) is 2.22. The third kappa shape index (κ3) is 3.03. The fourth-order valence-electron chi connectivity index (χ4n) is 2.22. The molecule has 3 N–H and O–H groups in total. The number of amidine groups is 1. The molecule has 0 saturated carbocycles. The Morgan fingerprint density at radius 3 is 2.65 bits per heavy atom. The Kier molecular flexibility index (Phi) is 4.01. The van der Waals surface area contributed by atoms with Crippen LogP contribution in [0, 0.1) is 5.82 Å². The van der Waals surface area contributed by atoms with Gasteiger partial charge in [0.25, 0.3) is 0 Å². The van der Waals surface area contributed by atoms with Crippen LogP contribution in [-0.2, 0) is 6.54 Å². The summed E-state index contributed by atoms with van der Waals surface area (Å²) in [6.45, 7) is 0.158. The molecular weight excluding hydrogens is 297 g/mol.